The minimum atomic E-state index is -1.25. The second-order valence-corrected chi connectivity index (χ2v) is 6.53. The smallest absolute Gasteiger partial charge is 0.408 e. The van der Waals surface area contributed by atoms with Gasteiger partial charge in [0, 0.05) is 17.5 Å². The third-order valence-electron chi connectivity index (χ3n) is 3.74. The number of ketones is 1. The SMILES string of the molecule is CC(C)(C)N(C(=O)O)C1CC(=O)COC1c1cc(F)ccc1F. The molecule has 1 aromatic carbocycles. The van der Waals surface area contributed by atoms with Crippen molar-refractivity contribution in [3.63, 3.8) is 0 Å². The number of hydrogen-bond donors (Lipinski definition) is 1. The van der Waals surface area contributed by atoms with Crippen LogP contribution in [0, 0.1) is 11.6 Å². The third-order valence-corrected chi connectivity index (χ3v) is 3.74. The molecule has 1 saturated heterocycles. The first-order chi connectivity index (χ1) is 10.6. The van der Waals surface area contributed by atoms with Crippen LogP contribution in [0.25, 0.3) is 0 Å². The summed E-state index contributed by atoms with van der Waals surface area (Å²) in [4.78, 5) is 24.5. The van der Waals surface area contributed by atoms with Crippen LogP contribution in [-0.2, 0) is 9.53 Å². The van der Waals surface area contributed by atoms with Gasteiger partial charge in [-0.25, -0.2) is 13.6 Å². The van der Waals surface area contributed by atoms with Gasteiger partial charge in [-0.15, -0.1) is 0 Å². The van der Waals surface area contributed by atoms with Crippen molar-refractivity contribution >= 4 is 11.9 Å². The topological polar surface area (TPSA) is 66.8 Å². The van der Waals surface area contributed by atoms with Crippen molar-refractivity contribution in [1.82, 2.24) is 4.90 Å². The first-order valence-corrected chi connectivity index (χ1v) is 7.22. The van der Waals surface area contributed by atoms with Gasteiger partial charge in [0.15, 0.2) is 5.78 Å². The van der Waals surface area contributed by atoms with E-state index in [2.05, 4.69) is 0 Å². The van der Waals surface area contributed by atoms with Gasteiger partial charge in [-0.2, -0.15) is 0 Å². The summed E-state index contributed by atoms with van der Waals surface area (Å²) in [6.07, 6.45) is -2.40. The second kappa shape index (κ2) is 6.23. The maximum atomic E-state index is 14.1. The maximum absolute atomic E-state index is 14.1. The van der Waals surface area contributed by atoms with Gasteiger partial charge in [0.2, 0.25) is 0 Å². The molecule has 1 N–H and O–H groups in total. The van der Waals surface area contributed by atoms with Gasteiger partial charge >= 0.3 is 6.09 Å². The second-order valence-electron chi connectivity index (χ2n) is 6.53. The molecule has 1 heterocycles. The van der Waals surface area contributed by atoms with E-state index in [4.69, 9.17) is 4.74 Å². The van der Waals surface area contributed by atoms with Crippen molar-refractivity contribution < 1.29 is 28.2 Å². The zero-order chi connectivity index (χ0) is 17.4. The number of Topliss-reactive ketones (excluding diaryl/α,β-unsaturated/α-hetero) is 1. The summed E-state index contributed by atoms with van der Waals surface area (Å²) in [7, 11) is 0. The molecule has 126 valence electrons. The quantitative estimate of drug-likeness (QED) is 0.906. The number of halogens is 2. The Balaban J connectivity index is 2.49. The lowest BCUT2D eigenvalue weighted by Gasteiger charge is -2.44. The highest BCUT2D eigenvalue weighted by Gasteiger charge is 2.43. The molecule has 1 aliphatic heterocycles. The summed E-state index contributed by atoms with van der Waals surface area (Å²) in [6.45, 7) is 4.74. The van der Waals surface area contributed by atoms with Crippen LogP contribution >= 0.6 is 0 Å². The van der Waals surface area contributed by atoms with Crippen molar-refractivity contribution in [2.75, 3.05) is 6.61 Å². The Morgan fingerprint density at radius 2 is 2.00 bits per heavy atom. The van der Waals surface area contributed by atoms with E-state index in [1.807, 2.05) is 0 Å². The monoisotopic (exact) mass is 327 g/mol. The van der Waals surface area contributed by atoms with E-state index in [1.54, 1.807) is 20.8 Å². The highest BCUT2D eigenvalue weighted by atomic mass is 19.1. The lowest BCUT2D eigenvalue weighted by atomic mass is 9.90. The van der Waals surface area contributed by atoms with E-state index in [-0.39, 0.29) is 24.4 Å². The van der Waals surface area contributed by atoms with Gasteiger partial charge in [0.05, 0.1) is 6.04 Å². The van der Waals surface area contributed by atoms with Gasteiger partial charge in [-0.1, -0.05) is 0 Å². The van der Waals surface area contributed by atoms with E-state index in [1.165, 1.54) is 0 Å². The molecule has 0 spiro atoms. The molecule has 0 bridgehead atoms. The Kier molecular flexibility index (Phi) is 4.70. The lowest BCUT2D eigenvalue weighted by molar-refractivity contribution is -0.140. The van der Waals surface area contributed by atoms with Crippen LogP contribution in [0.4, 0.5) is 13.6 Å². The molecule has 5 nitrogen and oxygen atoms in total. The zero-order valence-electron chi connectivity index (χ0n) is 13.2. The zero-order valence-corrected chi connectivity index (χ0v) is 13.2. The van der Waals surface area contributed by atoms with Crippen molar-refractivity contribution in [3.05, 3.63) is 35.4 Å². The number of nitrogens with zero attached hydrogens (tertiary/aromatic N) is 1. The molecule has 1 aliphatic rings. The minimum Gasteiger partial charge on any atom is -0.465 e. The van der Waals surface area contributed by atoms with Gasteiger partial charge in [-0.05, 0) is 39.0 Å². The molecule has 1 aromatic rings. The number of carboxylic acid groups (broad SMARTS) is 1. The number of rotatable bonds is 2. The van der Waals surface area contributed by atoms with Gasteiger partial charge in [0.25, 0.3) is 0 Å². The fourth-order valence-electron chi connectivity index (χ4n) is 2.88. The standard InChI is InChI=1S/C16H19F2NO4/c1-16(2,3)19(15(21)22)13-7-10(20)8-23-14(13)11-6-9(17)4-5-12(11)18/h4-6,13-14H,7-8H2,1-3H3,(H,21,22). The fourth-order valence-corrected chi connectivity index (χ4v) is 2.88. The van der Waals surface area contributed by atoms with Crippen LogP contribution in [0.2, 0.25) is 0 Å². The number of hydrogen-bond acceptors (Lipinski definition) is 3. The molecular formula is C16H19F2NO4. The summed E-state index contributed by atoms with van der Waals surface area (Å²) in [6, 6.07) is 1.99. The highest BCUT2D eigenvalue weighted by molar-refractivity contribution is 5.82. The van der Waals surface area contributed by atoms with Crippen LogP contribution < -0.4 is 0 Å². The summed E-state index contributed by atoms with van der Waals surface area (Å²) in [5, 5.41) is 9.53. The lowest BCUT2D eigenvalue weighted by Crippen LogP contribution is -2.56. The fraction of sp³-hybridized carbons (Fsp3) is 0.500. The first kappa shape index (κ1) is 17.3. The molecular weight excluding hydrogens is 308 g/mol. The molecule has 23 heavy (non-hydrogen) atoms. The number of carbonyl (C=O) groups is 2. The predicted octanol–water partition coefficient (Wildman–Crippen LogP) is 3.14. The molecule has 2 atom stereocenters. The molecule has 0 radical (unpaired) electrons. The van der Waals surface area contributed by atoms with E-state index < -0.39 is 35.4 Å². The third kappa shape index (κ3) is 3.67. The van der Waals surface area contributed by atoms with Crippen molar-refractivity contribution in [1.29, 1.82) is 0 Å². The Bertz CT molecular complexity index is 627. The van der Waals surface area contributed by atoms with Crippen LogP contribution in [0.1, 0.15) is 38.9 Å². The Morgan fingerprint density at radius 1 is 1.35 bits per heavy atom. The first-order valence-electron chi connectivity index (χ1n) is 7.22. The molecule has 0 aromatic heterocycles. The van der Waals surface area contributed by atoms with Crippen LogP contribution in [0.5, 0.6) is 0 Å². The largest absolute Gasteiger partial charge is 0.465 e. The number of ether oxygens (including phenoxy) is 1. The molecule has 0 saturated carbocycles. The Hall–Kier alpha value is -2.02. The van der Waals surface area contributed by atoms with Gasteiger partial charge < -0.3 is 9.84 Å². The van der Waals surface area contributed by atoms with Crippen molar-refractivity contribution in [2.45, 2.75) is 44.9 Å². The van der Waals surface area contributed by atoms with Gasteiger partial charge in [-0.3, -0.25) is 9.69 Å². The van der Waals surface area contributed by atoms with Crippen LogP contribution in [-0.4, -0.2) is 40.1 Å². The van der Waals surface area contributed by atoms with Crippen LogP contribution in [0.15, 0.2) is 18.2 Å². The Labute approximate surface area is 132 Å². The van der Waals surface area contributed by atoms with E-state index in [9.17, 15) is 23.5 Å². The molecule has 1 amide bonds. The number of amides is 1. The van der Waals surface area contributed by atoms with Gasteiger partial charge in [0.1, 0.15) is 24.3 Å². The van der Waals surface area contributed by atoms with E-state index >= 15 is 0 Å². The number of carbonyl (C=O) groups excluding carboxylic acids is 1. The maximum Gasteiger partial charge on any atom is 0.408 e. The summed E-state index contributed by atoms with van der Waals surface area (Å²) >= 11 is 0. The average Bonchev–Trinajstić information content (AvgIpc) is 2.40. The number of benzene rings is 1. The Morgan fingerprint density at radius 3 is 2.57 bits per heavy atom. The normalized spacial score (nSPS) is 22.0. The molecule has 0 aliphatic carbocycles. The molecule has 2 rings (SSSR count). The molecule has 1 fully saturated rings. The average molecular weight is 327 g/mol. The van der Waals surface area contributed by atoms with E-state index in [0.717, 1.165) is 23.1 Å². The minimum absolute atomic E-state index is 0.0852. The predicted molar refractivity (Wildman–Crippen MR) is 78.1 cm³/mol. The summed E-state index contributed by atoms with van der Waals surface area (Å²) in [5.74, 6) is -1.63. The summed E-state index contributed by atoms with van der Waals surface area (Å²) in [5.41, 5.74) is -0.919. The van der Waals surface area contributed by atoms with Crippen LogP contribution in [0.3, 0.4) is 0 Å². The van der Waals surface area contributed by atoms with Crippen molar-refractivity contribution in [2.24, 2.45) is 0 Å². The molecule has 7 heteroatoms. The highest BCUT2D eigenvalue weighted by Crippen LogP contribution is 2.36. The van der Waals surface area contributed by atoms with E-state index in [0.29, 0.717) is 0 Å². The summed E-state index contributed by atoms with van der Waals surface area (Å²) < 4.78 is 33.0. The van der Waals surface area contributed by atoms with Crippen molar-refractivity contribution in [3.8, 4) is 0 Å². The molecule has 2 unspecified atom stereocenters.